The Bertz CT molecular complexity index is 312. The average molecular weight is 250 g/mol. The summed E-state index contributed by atoms with van der Waals surface area (Å²) in [5.74, 6) is 0. The molecule has 0 aromatic heterocycles. The van der Waals surface area contributed by atoms with Gasteiger partial charge in [-0.25, -0.2) is 13.1 Å². The predicted molar refractivity (Wildman–Crippen MR) is 65.6 cm³/mol. The third-order valence-corrected chi connectivity index (χ3v) is 2.98. The molecule has 0 aromatic rings. The average Bonchev–Trinajstić information content (AvgIpc) is 2.20. The van der Waals surface area contributed by atoms with Crippen molar-refractivity contribution < 1.29 is 13.5 Å². The van der Waals surface area contributed by atoms with E-state index < -0.39 is 10.0 Å². The van der Waals surface area contributed by atoms with Gasteiger partial charge in [-0.05, 0) is 20.3 Å². The molecule has 0 aromatic carbocycles. The highest BCUT2D eigenvalue weighted by molar-refractivity contribution is 7.88. The smallest absolute Gasteiger partial charge is 0.208 e. The molecule has 0 radical (unpaired) electrons. The van der Waals surface area contributed by atoms with E-state index in [2.05, 4.69) is 9.62 Å². The van der Waals surface area contributed by atoms with Crippen LogP contribution >= 0.6 is 0 Å². The molecule has 0 aliphatic rings. The molecular weight excluding hydrogens is 228 g/mol. The van der Waals surface area contributed by atoms with Gasteiger partial charge in [-0.15, -0.1) is 0 Å². The maximum Gasteiger partial charge on any atom is 0.208 e. The lowest BCUT2D eigenvalue weighted by Crippen LogP contribution is -2.34. The summed E-state index contributed by atoms with van der Waals surface area (Å²) >= 11 is 0. The van der Waals surface area contributed by atoms with E-state index in [1.54, 1.807) is 0 Å². The topological polar surface area (TPSA) is 69.6 Å². The number of allylic oxidation sites excluding steroid dienone is 2. The molecule has 0 aliphatic heterocycles. The lowest BCUT2D eigenvalue weighted by Gasteiger charge is -2.25. The second-order valence-electron chi connectivity index (χ2n) is 3.66. The molecule has 96 valence electrons. The first-order chi connectivity index (χ1) is 7.40. The summed E-state index contributed by atoms with van der Waals surface area (Å²) in [7, 11) is -3.12. The van der Waals surface area contributed by atoms with Crippen LogP contribution in [0.3, 0.4) is 0 Å². The van der Waals surface area contributed by atoms with Gasteiger partial charge in [0.1, 0.15) is 0 Å². The quantitative estimate of drug-likeness (QED) is 0.643. The van der Waals surface area contributed by atoms with Crippen molar-refractivity contribution in [3.8, 4) is 0 Å². The largest absolute Gasteiger partial charge is 0.396 e. The Morgan fingerprint density at radius 1 is 1.44 bits per heavy atom. The summed E-state index contributed by atoms with van der Waals surface area (Å²) in [4.78, 5) is 2.05. The van der Waals surface area contributed by atoms with Gasteiger partial charge in [0.05, 0.1) is 6.26 Å². The highest BCUT2D eigenvalue weighted by Gasteiger charge is 2.06. The first-order valence-corrected chi connectivity index (χ1v) is 7.23. The third kappa shape index (κ3) is 7.67. The van der Waals surface area contributed by atoms with Gasteiger partial charge < -0.3 is 10.0 Å². The van der Waals surface area contributed by atoms with Gasteiger partial charge in [-0.3, -0.25) is 0 Å². The molecule has 0 rings (SSSR count). The minimum absolute atomic E-state index is 0.146. The summed E-state index contributed by atoms with van der Waals surface area (Å²) in [6.45, 7) is 5.78. The van der Waals surface area contributed by atoms with E-state index in [0.29, 0.717) is 19.5 Å². The SMILES string of the molecule is C/C=C(\C)N(CCCO)CCNS(C)(=O)=O. The van der Waals surface area contributed by atoms with Crippen molar-refractivity contribution in [1.29, 1.82) is 0 Å². The molecule has 0 unspecified atom stereocenters. The van der Waals surface area contributed by atoms with Crippen molar-refractivity contribution in [2.24, 2.45) is 0 Å². The Morgan fingerprint density at radius 2 is 2.06 bits per heavy atom. The molecule has 2 N–H and O–H groups in total. The second kappa shape index (κ2) is 7.65. The van der Waals surface area contributed by atoms with Gasteiger partial charge in [0.15, 0.2) is 0 Å². The number of rotatable bonds is 8. The number of aliphatic hydroxyl groups excluding tert-OH is 1. The van der Waals surface area contributed by atoms with Crippen molar-refractivity contribution in [1.82, 2.24) is 9.62 Å². The van der Waals surface area contributed by atoms with Crippen molar-refractivity contribution in [2.45, 2.75) is 20.3 Å². The molecule has 6 heteroatoms. The number of nitrogens with zero attached hydrogens (tertiary/aromatic N) is 1. The van der Waals surface area contributed by atoms with Crippen LogP contribution in [0.15, 0.2) is 11.8 Å². The van der Waals surface area contributed by atoms with Crippen molar-refractivity contribution >= 4 is 10.0 Å². The molecule has 0 saturated heterocycles. The summed E-state index contributed by atoms with van der Waals surface area (Å²) < 4.78 is 24.2. The van der Waals surface area contributed by atoms with Crippen LogP contribution < -0.4 is 4.72 Å². The highest BCUT2D eigenvalue weighted by atomic mass is 32.2. The van der Waals surface area contributed by atoms with Crippen LogP contribution in [0.4, 0.5) is 0 Å². The molecule has 0 bridgehead atoms. The Labute approximate surface area is 98.2 Å². The molecule has 0 saturated carbocycles. The molecule has 0 fully saturated rings. The van der Waals surface area contributed by atoms with Crippen molar-refractivity contribution in [3.63, 3.8) is 0 Å². The van der Waals surface area contributed by atoms with Crippen molar-refractivity contribution in [2.75, 3.05) is 32.5 Å². The van der Waals surface area contributed by atoms with E-state index in [1.165, 1.54) is 0 Å². The molecule has 0 aliphatic carbocycles. The van der Waals surface area contributed by atoms with E-state index in [0.717, 1.165) is 18.5 Å². The van der Waals surface area contributed by atoms with Gasteiger partial charge in [0.25, 0.3) is 0 Å². The van der Waals surface area contributed by atoms with Crippen LogP contribution in [0, 0.1) is 0 Å². The van der Waals surface area contributed by atoms with Crippen LogP contribution in [-0.4, -0.2) is 50.9 Å². The Hall–Kier alpha value is -0.590. The normalized spacial score (nSPS) is 12.9. The fraction of sp³-hybridized carbons (Fsp3) is 0.800. The standard InChI is InChI=1S/C10H22N2O3S/c1-4-10(2)12(7-5-9-13)8-6-11-16(3,14)15/h4,11,13H,5-9H2,1-3H3/b10-4+. The molecular formula is C10H22N2O3S. The number of aliphatic hydroxyl groups is 1. The van der Waals surface area contributed by atoms with E-state index in [-0.39, 0.29) is 6.61 Å². The zero-order valence-electron chi connectivity index (χ0n) is 10.2. The van der Waals surface area contributed by atoms with E-state index >= 15 is 0 Å². The predicted octanol–water partition coefficient (Wildman–Crippen LogP) is 0.144. The maximum absolute atomic E-state index is 10.9. The fourth-order valence-corrected chi connectivity index (χ4v) is 1.74. The minimum atomic E-state index is -3.12. The van der Waals surface area contributed by atoms with Gasteiger partial charge >= 0.3 is 0 Å². The van der Waals surface area contributed by atoms with Crippen LogP contribution in [0.5, 0.6) is 0 Å². The van der Waals surface area contributed by atoms with Gasteiger partial charge in [0, 0.05) is 31.9 Å². The first-order valence-electron chi connectivity index (χ1n) is 5.34. The van der Waals surface area contributed by atoms with Crippen LogP contribution in [-0.2, 0) is 10.0 Å². The summed E-state index contributed by atoms with van der Waals surface area (Å²) in [5, 5.41) is 8.77. The number of hydrogen-bond acceptors (Lipinski definition) is 4. The summed E-state index contributed by atoms with van der Waals surface area (Å²) in [6, 6.07) is 0. The molecule has 0 atom stereocenters. The second-order valence-corrected chi connectivity index (χ2v) is 5.49. The minimum Gasteiger partial charge on any atom is -0.396 e. The lowest BCUT2D eigenvalue weighted by molar-refractivity contribution is 0.252. The maximum atomic E-state index is 10.9. The summed E-state index contributed by atoms with van der Waals surface area (Å²) in [5.41, 5.74) is 1.09. The highest BCUT2D eigenvalue weighted by Crippen LogP contribution is 2.03. The van der Waals surface area contributed by atoms with Gasteiger partial charge in [0.2, 0.25) is 10.0 Å². The number of sulfonamides is 1. The fourth-order valence-electron chi connectivity index (χ4n) is 1.27. The zero-order chi connectivity index (χ0) is 12.6. The van der Waals surface area contributed by atoms with Crippen LogP contribution in [0.2, 0.25) is 0 Å². The molecule has 16 heavy (non-hydrogen) atoms. The molecule has 0 spiro atoms. The molecule has 0 heterocycles. The van der Waals surface area contributed by atoms with E-state index in [9.17, 15) is 8.42 Å². The van der Waals surface area contributed by atoms with E-state index in [1.807, 2.05) is 19.9 Å². The zero-order valence-corrected chi connectivity index (χ0v) is 11.0. The van der Waals surface area contributed by atoms with E-state index in [4.69, 9.17) is 5.11 Å². The molecule has 0 amide bonds. The van der Waals surface area contributed by atoms with Gasteiger partial charge in [-0.1, -0.05) is 6.08 Å². The number of hydrogen-bond donors (Lipinski definition) is 2. The van der Waals surface area contributed by atoms with Crippen LogP contribution in [0.1, 0.15) is 20.3 Å². The monoisotopic (exact) mass is 250 g/mol. The van der Waals surface area contributed by atoms with Crippen LogP contribution in [0.25, 0.3) is 0 Å². The summed E-state index contributed by atoms with van der Waals surface area (Å²) in [6.07, 6.45) is 3.80. The first kappa shape index (κ1) is 15.4. The van der Waals surface area contributed by atoms with Gasteiger partial charge in [-0.2, -0.15) is 0 Å². The third-order valence-electron chi connectivity index (χ3n) is 2.25. The Kier molecular flexibility index (Phi) is 7.36. The van der Waals surface area contributed by atoms with Crippen molar-refractivity contribution in [3.05, 3.63) is 11.8 Å². The Morgan fingerprint density at radius 3 is 2.50 bits per heavy atom. The Balaban J connectivity index is 4.12. The lowest BCUT2D eigenvalue weighted by atomic mass is 10.3. The number of nitrogens with one attached hydrogen (secondary N) is 1. The molecule has 5 nitrogen and oxygen atoms in total.